The Balaban J connectivity index is 1.86. The standard InChI is InChI=1S/C17H19N3O/c1-12(13-7-9-18-10-8-13)19-15-11-17(21)20(2)16-6-4-3-5-14(15)16/h3-10,12,15,19H,11H2,1-2H3/t12-,15?/m1/s1. The molecule has 2 atom stereocenters. The number of benzene rings is 1. The van der Waals surface area contributed by atoms with Crippen LogP contribution in [-0.4, -0.2) is 17.9 Å². The number of nitrogens with one attached hydrogen (secondary N) is 1. The zero-order valence-electron chi connectivity index (χ0n) is 12.3. The van der Waals surface area contributed by atoms with E-state index in [1.165, 1.54) is 11.1 Å². The lowest BCUT2D eigenvalue weighted by molar-refractivity contribution is -0.119. The van der Waals surface area contributed by atoms with Crippen molar-refractivity contribution < 1.29 is 4.79 Å². The van der Waals surface area contributed by atoms with E-state index < -0.39 is 0 Å². The number of rotatable bonds is 3. The molecule has 1 unspecified atom stereocenters. The van der Waals surface area contributed by atoms with Gasteiger partial charge in [-0.25, -0.2) is 0 Å². The van der Waals surface area contributed by atoms with Crippen molar-refractivity contribution in [3.63, 3.8) is 0 Å². The maximum atomic E-state index is 12.2. The summed E-state index contributed by atoms with van der Waals surface area (Å²) in [5, 5.41) is 3.57. The first-order valence-electron chi connectivity index (χ1n) is 7.18. The van der Waals surface area contributed by atoms with Crippen LogP contribution in [0, 0.1) is 0 Å². The molecule has 1 aliphatic rings. The number of para-hydroxylation sites is 1. The van der Waals surface area contributed by atoms with Gasteiger partial charge in [0.15, 0.2) is 0 Å². The van der Waals surface area contributed by atoms with E-state index in [0.717, 1.165) is 5.69 Å². The van der Waals surface area contributed by atoms with E-state index in [2.05, 4.69) is 23.3 Å². The number of pyridine rings is 1. The van der Waals surface area contributed by atoms with Gasteiger partial charge in [0.25, 0.3) is 0 Å². The summed E-state index contributed by atoms with van der Waals surface area (Å²) in [6.45, 7) is 2.11. The van der Waals surface area contributed by atoms with Gasteiger partial charge in [-0.2, -0.15) is 0 Å². The van der Waals surface area contributed by atoms with Gasteiger partial charge in [-0.15, -0.1) is 0 Å². The molecule has 1 amide bonds. The molecule has 0 saturated heterocycles. The molecule has 4 nitrogen and oxygen atoms in total. The van der Waals surface area contributed by atoms with E-state index in [1.54, 1.807) is 17.3 Å². The van der Waals surface area contributed by atoms with Crippen LogP contribution in [0.15, 0.2) is 48.8 Å². The van der Waals surface area contributed by atoms with Crippen LogP contribution in [0.5, 0.6) is 0 Å². The van der Waals surface area contributed by atoms with Gasteiger partial charge in [-0.05, 0) is 36.2 Å². The second-order valence-electron chi connectivity index (χ2n) is 5.44. The summed E-state index contributed by atoms with van der Waals surface area (Å²) in [5.41, 5.74) is 3.35. The number of anilines is 1. The Morgan fingerprint density at radius 1 is 1.24 bits per heavy atom. The Hall–Kier alpha value is -2.20. The van der Waals surface area contributed by atoms with E-state index in [9.17, 15) is 4.79 Å². The Morgan fingerprint density at radius 3 is 2.71 bits per heavy atom. The maximum Gasteiger partial charge on any atom is 0.228 e. The van der Waals surface area contributed by atoms with Crippen LogP contribution >= 0.6 is 0 Å². The molecule has 2 heterocycles. The van der Waals surface area contributed by atoms with Gasteiger partial charge in [0.1, 0.15) is 0 Å². The SMILES string of the molecule is C[C@@H](NC1CC(=O)N(C)c2ccccc21)c1ccncc1. The number of amides is 1. The second-order valence-corrected chi connectivity index (χ2v) is 5.44. The number of fused-ring (bicyclic) bond motifs is 1. The minimum absolute atomic E-state index is 0.0491. The minimum atomic E-state index is 0.0491. The number of aromatic nitrogens is 1. The molecule has 0 radical (unpaired) electrons. The van der Waals surface area contributed by atoms with Crippen molar-refractivity contribution in [2.24, 2.45) is 0 Å². The topological polar surface area (TPSA) is 45.2 Å². The molecule has 1 aromatic carbocycles. The lowest BCUT2D eigenvalue weighted by atomic mass is 9.95. The molecule has 2 aromatic rings. The first kappa shape index (κ1) is 13.8. The minimum Gasteiger partial charge on any atom is -0.315 e. The van der Waals surface area contributed by atoms with Crippen LogP contribution in [-0.2, 0) is 4.79 Å². The van der Waals surface area contributed by atoms with Crippen LogP contribution in [0.2, 0.25) is 0 Å². The largest absolute Gasteiger partial charge is 0.315 e. The molecule has 21 heavy (non-hydrogen) atoms. The number of nitrogens with zero attached hydrogens (tertiary/aromatic N) is 2. The first-order valence-corrected chi connectivity index (χ1v) is 7.18. The molecule has 0 aliphatic carbocycles. The van der Waals surface area contributed by atoms with E-state index in [1.807, 2.05) is 37.4 Å². The van der Waals surface area contributed by atoms with Crippen molar-refractivity contribution in [2.45, 2.75) is 25.4 Å². The predicted octanol–water partition coefficient (Wildman–Crippen LogP) is 2.84. The Morgan fingerprint density at radius 2 is 1.95 bits per heavy atom. The summed E-state index contributed by atoms with van der Waals surface area (Å²) in [5.74, 6) is 0.146. The lowest BCUT2D eigenvalue weighted by Gasteiger charge is -2.33. The number of hydrogen-bond acceptors (Lipinski definition) is 3. The van der Waals surface area contributed by atoms with Gasteiger partial charge in [-0.3, -0.25) is 9.78 Å². The van der Waals surface area contributed by atoms with Gasteiger partial charge in [-0.1, -0.05) is 18.2 Å². The third-order valence-corrected chi connectivity index (χ3v) is 4.08. The number of carbonyl (C=O) groups is 1. The van der Waals surface area contributed by atoms with Crippen molar-refractivity contribution in [3.05, 3.63) is 59.9 Å². The van der Waals surface area contributed by atoms with Crippen molar-refractivity contribution in [1.82, 2.24) is 10.3 Å². The molecule has 1 N–H and O–H groups in total. The summed E-state index contributed by atoms with van der Waals surface area (Å²) in [4.78, 5) is 17.9. The van der Waals surface area contributed by atoms with Crippen LogP contribution in [0.1, 0.15) is 36.6 Å². The maximum absolute atomic E-state index is 12.2. The van der Waals surface area contributed by atoms with Gasteiger partial charge in [0.2, 0.25) is 5.91 Å². The van der Waals surface area contributed by atoms with Gasteiger partial charge < -0.3 is 10.2 Å². The summed E-state index contributed by atoms with van der Waals surface area (Å²) < 4.78 is 0. The van der Waals surface area contributed by atoms with Crippen molar-refractivity contribution >= 4 is 11.6 Å². The molecule has 108 valence electrons. The van der Waals surface area contributed by atoms with Crippen molar-refractivity contribution in [2.75, 3.05) is 11.9 Å². The third kappa shape index (κ3) is 2.67. The Labute approximate surface area is 124 Å². The summed E-state index contributed by atoms with van der Waals surface area (Å²) in [6.07, 6.45) is 4.07. The van der Waals surface area contributed by atoms with Crippen molar-refractivity contribution in [3.8, 4) is 0 Å². The highest BCUT2D eigenvalue weighted by Gasteiger charge is 2.29. The fourth-order valence-corrected chi connectivity index (χ4v) is 2.84. The normalized spacial score (nSPS) is 19.2. The monoisotopic (exact) mass is 281 g/mol. The molecule has 1 aliphatic heterocycles. The molecule has 0 saturated carbocycles. The van der Waals surface area contributed by atoms with Gasteiger partial charge in [0, 0.05) is 43.6 Å². The average molecular weight is 281 g/mol. The fraction of sp³-hybridized carbons (Fsp3) is 0.294. The quantitative estimate of drug-likeness (QED) is 0.941. The highest BCUT2D eigenvalue weighted by atomic mass is 16.2. The molecule has 0 fully saturated rings. The summed E-state index contributed by atoms with van der Waals surface area (Å²) in [7, 11) is 1.84. The highest BCUT2D eigenvalue weighted by molar-refractivity contribution is 5.96. The summed E-state index contributed by atoms with van der Waals surface area (Å²) >= 11 is 0. The number of carbonyl (C=O) groups excluding carboxylic acids is 1. The van der Waals surface area contributed by atoms with Gasteiger partial charge in [0.05, 0.1) is 0 Å². The van der Waals surface area contributed by atoms with Crippen LogP contribution in [0.4, 0.5) is 5.69 Å². The Bertz CT molecular complexity index is 641. The van der Waals surface area contributed by atoms with E-state index >= 15 is 0 Å². The smallest absolute Gasteiger partial charge is 0.228 e. The molecule has 0 bridgehead atoms. The highest BCUT2D eigenvalue weighted by Crippen LogP contribution is 2.34. The average Bonchev–Trinajstić information content (AvgIpc) is 2.53. The molecular formula is C17H19N3O. The zero-order chi connectivity index (χ0) is 14.8. The molecule has 1 aromatic heterocycles. The second kappa shape index (κ2) is 5.66. The zero-order valence-corrected chi connectivity index (χ0v) is 12.3. The molecular weight excluding hydrogens is 262 g/mol. The molecule has 0 spiro atoms. The Kier molecular flexibility index (Phi) is 3.71. The van der Waals surface area contributed by atoms with Crippen molar-refractivity contribution in [1.29, 1.82) is 0 Å². The third-order valence-electron chi connectivity index (χ3n) is 4.08. The van der Waals surface area contributed by atoms with E-state index in [-0.39, 0.29) is 18.0 Å². The molecule has 4 heteroatoms. The van der Waals surface area contributed by atoms with Gasteiger partial charge >= 0.3 is 0 Å². The first-order chi connectivity index (χ1) is 10.2. The van der Waals surface area contributed by atoms with E-state index in [4.69, 9.17) is 0 Å². The predicted molar refractivity (Wildman–Crippen MR) is 83.0 cm³/mol. The van der Waals surface area contributed by atoms with Crippen LogP contribution in [0.25, 0.3) is 0 Å². The summed E-state index contributed by atoms with van der Waals surface area (Å²) in [6, 6.07) is 12.3. The number of hydrogen-bond donors (Lipinski definition) is 1. The van der Waals surface area contributed by atoms with Crippen LogP contribution < -0.4 is 10.2 Å². The van der Waals surface area contributed by atoms with E-state index in [0.29, 0.717) is 6.42 Å². The fourth-order valence-electron chi connectivity index (χ4n) is 2.84. The lowest BCUT2D eigenvalue weighted by Crippen LogP contribution is -2.38. The van der Waals surface area contributed by atoms with Crippen LogP contribution in [0.3, 0.4) is 0 Å². The molecule has 3 rings (SSSR count).